The first-order valence-electron chi connectivity index (χ1n) is 9.59. The number of fused-ring (bicyclic) bond motifs is 4. The van der Waals surface area contributed by atoms with Crippen LogP contribution in [-0.2, 0) is 9.53 Å². The van der Waals surface area contributed by atoms with Gasteiger partial charge in [-0.2, -0.15) is 4.98 Å². The molecule has 1 amide bonds. The van der Waals surface area contributed by atoms with Crippen molar-refractivity contribution < 1.29 is 14.1 Å². The summed E-state index contributed by atoms with van der Waals surface area (Å²) in [5, 5.41) is 7.03. The molecule has 4 heterocycles. The SMILES string of the molecule is COCCC(=O)NC[C@H]1[C@H]2C[C@H](CN(c3noc(C)n3)C2)c2cccc(=O)n21. The molecule has 0 spiro atoms. The maximum absolute atomic E-state index is 12.7. The van der Waals surface area contributed by atoms with Crippen molar-refractivity contribution in [3.63, 3.8) is 0 Å². The Balaban J connectivity index is 1.60. The lowest BCUT2D eigenvalue weighted by atomic mass is 9.78. The Hall–Kier alpha value is -2.68. The molecule has 4 rings (SSSR count). The number of amides is 1. The minimum absolute atomic E-state index is 0.0211. The fraction of sp³-hybridized carbons (Fsp3) is 0.579. The summed E-state index contributed by atoms with van der Waals surface area (Å²) in [4.78, 5) is 31.2. The number of pyridine rings is 1. The molecule has 0 aromatic carbocycles. The summed E-state index contributed by atoms with van der Waals surface area (Å²) in [5.41, 5.74) is 0.983. The van der Waals surface area contributed by atoms with Crippen molar-refractivity contribution in [1.82, 2.24) is 20.0 Å². The van der Waals surface area contributed by atoms with E-state index in [0.29, 0.717) is 31.4 Å². The summed E-state index contributed by atoms with van der Waals surface area (Å²) in [6.45, 7) is 4.02. The van der Waals surface area contributed by atoms with Crippen LogP contribution in [0.5, 0.6) is 0 Å². The Labute approximate surface area is 162 Å². The molecule has 1 N–H and O–H groups in total. The van der Waals surface area contributed by atoms with Crippen LogP contribution in [0.2, 0.25) is 0 Å². The topological polar surface area (TPSA) is 102 Å². The zero-order valence-corrected chi connectivity index (χ0v) is 16.1. The smallest absolute Gasteiger partial charge is 0.266 e. The minimum atomic E-state index is -0.109. The minimum Gasteiger partial charge on any atom is -0.384 e. The predicted molar refractivity (Wildman–Crippen MR) is 101 cm³/mol. The van der Waals surface area contributed by atoms with E-state index in [1.165, 1.54) is 0 Å². The first kappa shape index (κ1) is 18.7. The standard InChI is InChI=1S/C19H25N5O4/c1-12-21-19(22-28-12)23-10-13-8-14(11-23)16(9-20-17(25)6-7-27-2)24-15(13)4-3-5-18(24)26/h3-5,13-14,16H,6-11H2,1-2H3,(H,20,25)/t13-,14+,16+/m1/s1. The van der Waals surface area contributed by atoms with Gasteiger partial charge in [0.2, 0.25) is 11.8 Å². The molecule has 28 heavy (non-hydrogen) atoms. The van der Waals surface area contributed by atoms with Crippen molar-refractivity contribution in [1.29, 1.82) is 0 Å². The zero-order chi connectivity index (χ0) is 19.7. The largest absolute Gasteiger partial charge is 0.384 e. The summed E-state index contributed by atoms with van der Waals surface area (Å²) in [6, 6.07) is 5.29. The number of hydrogen-bond donors (Lipinski definition) is 1. The lowest BCUT2D eigenvalue weighted by molar-refractivity contribution is -0.122. The van der Waals surface area contributed by atoms with Crippen LogP contribution in [0.15, 0.2) is 27.5 Å². The summed E-state index contributed by atoms with van der Waals surface area (Å²) in [6.07, 6.45) is 1.27. The first-order valence-corrected chi connectivity index (χ1v) is 9.59. The van der Waals surface area contributed by atoms with Crippen molar-refractivity contribution >= 4 is 11.9 Å². The first-order chi connectivity index (χ1) is 13.6. The van der Waals surface area contributed by atoms with Gasteiger partial charge in [-0.25, -0.2) is 0 Å². The number of aryl methyl sites for hydroxylation is 1. The van der Waals surface area contributed by atoms with E-state index in [0.717, 1.165) is 25.2 Å². The molecule has 0 saturated carbocycles. The third-order valence-electron chi connectivity index (χ3n) is 5.64. The average Bonchev–Trinajstić information content (AvgIpc) is 3.13. The molecule has 9 nitrogen and oxygen atoms in total. The van der Waals surface area contributed by atoms with Gasteiger partial charge in [-0.3, -0.25) is 9.59 Å². The fourth-order valence-electron chi connectivity index (χ4n) is 4.39. The maximum Gasteiger partial charge on any atom is 0.266 e. The molecule has 0 radical (unpaired) electrons. The van der Waals surface area contributed by atoms with Crippen LogP contribution in [0, 0.1) is 12.8 Å². The van der Waals surface area contributed by atoms with Crippen molar-refractivity contribution in [3.8, 4) is 0 Å². The van der Waals surface area contributed by atoms with E-state index < -0.39 is 0 Å². The van der Waals surface area contributed by atoms with Gasteiger partial charge in [0.25, 0.3) is 11.5 Å². The average molecular weight is 387 g/mol. The van der Waals surface area contributed by atoms with Gasteiger partial charge in [0.1, 0.15) is 0 Å². The lowest BCUT2D eigenvalue weighted by Gasteiger charge is -2.46. The Kier molecular flexibility index (Phi) is 5.17. The molecule has 3 atom stereocenters. The molecule has 2 aliphatic heterocycles. The van der Waals surface area contributed by atoms with Gasteiger partial charge in [0.05, 0.1) is 12.6 Å². The van der Waals surface area contributed by atoms with Gasteiger partial charge >= 0.3 is 0 Å². The molecule has 2 aromatic rings. The maximum atomic E-state index is 12.7. The number of piperidine rings is 1. The van der Waals surface area contributed by atoms with Crippen LogP contribution in [0.25, 0.3) is 0 Å². The number of nitrogens with zero attached hydrogens (tertiary/aromatic N) is 4. The highest BCUT2D eigenvalue weighted by molar-refractivity contribution is 5.75. The Morgan fingerprint density at radius 1 is 1.39 bits per heavy atom. The predicted octanol–water partition coefficient (Wildman–Crippen LogP) is 0.857. The molecule has 1 saturated heterocycles. The van der Waals surface area contributed by atoms with E-state index in [-0.39, 0.29) is 29.3 Å². The molecule has 1 fully saturated rings. The van der Waals surface area contributed by atoms with E-state index in [1.807, 2.05) is 10.6 Å². The van der Waals surface area contributed by atoms with Gasteiger partial charge in [-0.05, 0) is 23.6 Å². The number of nitrogens with one attached hydrogen (secondary N) is 1. The van der Waals surface area contributed by atoms with Gasteiger partial charge in [0.15, 0.2) is 0 Å². The van der Waals surface area contributed by atoms with Crippen LogP contribution < -0.4 is 15.8 Å². The molecule has 2 aliphatic rings. The molecular weight excluding hydrogens is 362 g/mol. The number of rotatable bonds is 6. The zero-order valence-electron chi connectivity index (χ0n) is 16.1. The molecule has 0 unspecified atom stereocenters. The van der Waals surface area contributed by atoms with E-state index in [2.05, 4.69) is 20.4 Å². The molecule has 2 bridgehead atoms. The Morgan fingerprint density at radius 3 is 3.00 bits per heavy atom. The lowest BCUT2D eigenvalue weighted by Crippen LogP contribution is -2.52. The molecule has 9 heteroatoms. The van der Waals surface area contributed by atoms with E-state index in [9.17, 15) is 9.59 Å². The number of hydrogen-bond acceptors (Lipinski definition) is 7. The van der Waals surface area contributed by atoms with Crippen LogP contribution >= 0.6 is 0 Å². The van der Waals surface area contributed by atoms with E-state index in [4.69, 9.17) is 9.26 Å². The summed E-state index contributed by atoms with van der Waals surface area (Å²) >= 11 is 0. The fourth-order valence-corrected chi connectivity index (χ4v) is 4.39. The second kappa shape index (κ2) is 7.75. The highest BCUT2D eigenvalue weighted by Gasteiger charge is 2.41. The molecular formula is C19H25N5O4. The van der Waals surface area contributed by atoms with Gasteiger partial charge < -0.3 is 24.0 Å². The highest BCUT2D eigenvalue weighted by atomic mass is 16.5. The van der Waals surface area contributed by atoms with Gasteiger partial charge in [-0.1, -0.05) is 6.07 Å². The highest BCUT2D eigenvalue weighted by Crippen LogP contribution is 2.41. The van der Waals surface area contributed by atoms with Crippen LogP contribution in [0.4, 0.5) is 5.95 Å². The quantitative estimate of drug-likeness (QED) is 0.784. The van der Waals surface area contributed by atoms with Gasteiger partial charge in [-0.15, -0.1) is 0 Å². The molecule has 150 valence electrons. The Morgan fingerprint density at radius 2 is 2.25 bits per heavy atom. The van der Waals surface area contributed by atoms with E-state index >= 15 is 0 Å². The third kappa shape index (κ3) is 3.54. The van der Waals surface area contributed by atoms with Crippen molar-refractivity contribution in [2.45, 2.75) is 31.7 Å². The van der Waals surface area contributed by atoms with E-state index in [1.54, 1.807) is 26.2 Å². The van der Waals surface area contributed by atoms with Crippen molar-refractivity contribution in [3.05, 3.63) is 40.1 Å². The third-order valence-corrected chi connectivity index (χ3v) is 5.64. The second-order valence-electron chi connectivity index (χ2n) is 7.48. The number of methoxy groups -OCH3 is 1. The van der Waals surface area contributed by atoms with Crippen LogP contribution in [-0.4, -0.2) is 54.0 Å². The number of anilines is 1. The summed E-state index contributed by atoms with van der Waals surface area (Å²) in [5.74, 6) is 1.46. The summed E-state index contributed by atoms with van der Waals surface area (Å²) < 4.78 is 12.0. The summed E-state index contributed by atoms with van der Waals surface area (Å²) in [7, 11) is 1.57. The van der Waals surface area contributed by atoms with Crippen LogP contribution in [0.1, 0.15) is 36.4 Å². The second-order valence-corrected chi connectivity index (χ2v) is 7.48. The van der Waals surface area contributed by atoms with Crippen molar-refractivity contribution in [2.75, 3.05) is 38.3 Å². The Bertz CT molecular complexity index is 908. The molecule has 0 aliphatic carbocycles. The van der Waals surface area contributed by atoms with Gasteiger partial charge in [0, 0.05) is 57.8 Å². The van der Waals surface area contributed by atoms with Crippen molar-refractivity contribution in [2.24, 2.45) is 5.92 Å². The monoisotopic (exact) mass is 387 g/mol. The number of carbonyl (C=O) groups is 1. The number of ether oxygens (including phenoxy) is 1. The van der Waals surface area contributed by atoms with Crippen LogP contribution in [0.3, 0.4) is 0 Å². The number of carbonyl (C=O) groups excluding carboxylic acids is 1. The molecule has 2 aromatic heterocycles. The normalized spacial score (nSPS) is 23.4. The number of aromatic nitrogens is 3.